The van der Waals surface area contributed by atoms with Crippen molar-refractivity contribution in [3.8, 4) is 0 Å². The van der Waals surface area contributed by atoms with Gasteiger partial charge in [0.15, 0.2) is 11.5 Å². The van der Waals surface area contributed by atoms with Gasteiger partial charge in [-0.05, 0) is 55.0 Å². The van der Waals surface area contributed by atoms with Crippen molar-refractivity contribution in [3.05, 3.63) is 41.4 Å². The predicted molar refractivity (Wildman–Crippen MR) is 127 cm³/mol. The number of aromatic nitrogens is 4. The first-order valence-electron chi connectivity index (χ1n) is 11.0. The van der Waals surface area contributed by atoms with Gasteiger partial charge in [0.1, 0.15) is 5.52 Å². The summed E-state index contributed by atoms with van der Waals surface area (Å²) in [5.41, 5.74) is 7.65. The van der Waals surface area contributed by atoms with Gasteiger partial charge in [0.2, 0.25) is 15.3 Å². The number of sulfonamides is 1. The van der Waals surface area contributed by atoms with Crippen LogP contribution in [0.25, 0.3) is 11.2 Å². The zero-order chi connectivity index (χ0) is 24.1. The second kappa shape index (κ2) is 10.5. The molecule has 2 aromatic heterocycles. The highest BCUT2D eigenvalue weighted by Crippen LogP contribution is 2.21. The lowest BCUT2D eigenvalue weighted by Crippen LogP contribution is -2.28. The molecule has 1 amide bonds. The van der Waals surface area contributed by atoms with Crippen LogP contribution < -0.4 is 11.1 Å². The number of nitrogens with one attached hydrogen (secondary N) is 1. The maximum atomic E-state index is 12.6. The number of ether oxygens (including phenoxy) is 1. The number of hydrogen-bond donors (Lipinski definition) is 2. The molecule has 13 heteroatoms. The summed E-state index contributed by atoms with van der Waals surface area (Å²) in [4.78, 5) is 24.5. The van der Waals surface area contributed by atoms with Crippen molar-refractivity contribution in [1.82, 2.24) is 29.1 Å². The highest BCUT2D eigenvalue weighted by Gasteiger charge is 2.26. The minimum Gasteiger partial charge on any atom is -0.450 e. The number of anilines is 1. The third kappa shape index (κ3) is 5.57. The Balaban J connectivity index is 1.17. The number of carbonyl (C=O) groups excluding carboxylic acids is 1. The number of nitrogens with zero attached hydrogens (tertiary/aromatic N) is 5. The molecule has 182 valence electrons. The monoisotopic (exact) mass is 507 g/mol. The van der Waals surface area contributed by atoms with Crippen LogP contribution in [0.4, 0.5) is 10.6 Å². The Hall–Kier alpha value is -2.96. The van der Waals surface area contributed by atoms with Crippen LogP contribution in [0.1, 0.15) is 31.2 Å². The molecule has 0 atom stereocenters. The first-order valence-corrected chi connectivity index (χ1v) is 12.8. The largest absolute Gasteiger partial charge is 0.450 e. The molecule has 0 bridgehead atoms. The van der Waals surface area contributed by atoms with Crippen LogP contribution in [-0.4, -0.2) is 58.0 Å². The number of unbranched alkanes of at least 4 members (excludes halogenated alkanes) is 1. The van der Waals surface area contributed by atoms with E-state index in [1.807, 2.05) is 4.57 Å². The summed E-state index contributed by atoms with van der Waals surface area (Å²) in [5.74, 6) is 0.233. The molecule has 11 nitrogen and oxygen atoms in total. The molecule has 1 aliphatic rings. The van der Waals surface area contributed by atoms with Crippen molar-refractivity contribution in [1.29, 1.82) is 0 Å². The Morgan fingerprint density at radius 3 is 2.62 bits per heavy atom. The summed E-state index contributed by atoms with van der Waals surface area (Å²) in [6.07, 6.45) is 4.25. The molecule has 34 heavy (non-hydrogen) atoms. The highest BCUT2D eigenvalue weighted by molar-refractivity contribution is 7.89. The third-order valence-electron chi connectivity index (χ3n) is 5.55. The maximum absolute atomic E-state index is 12.6. The zero-order valence-corrected chi connectivity index (χ0v) is 20.1. The molecule has 0 radical (unpaired) electrons. The van der Waals surface area contributed by atoms with Crippen LogP contribution in [-0.2, 0) is 27.8 Å². The average Bonchev–Trinajstić information content (AvgIpc) is 3.49. The first kappa shape index (κ1) is 24.2. The summed E-state index contributed by atoms with van der Waals surface area (Å²) in [5, 5.41) is 2.74. The summed E-state index contributed by atoms with van der Waals surface area (Å²) in [6, 6.07) is 6.53. The van der Waals surface area contributed by atoms with Gasteiger partial charge >= 0.3 is 6.09 Å². The van der Waals surface area contributed by atoms with Crippen LogP contribution in [0, 0.1) is 0 Å². The predicted octanol–water partition coefficient (Wildman–Crippen LogP) is 2.55. The lowest BCUT2D eigenvalue weighted by atomic mass is 10.2. The van der Waals surface area contributed by atoms with E-state index < -0.39 is 16.1 Å². The first-order chi connectivity index (χ1) is 16.3. The van der Waals surface area contributed by atoms with Crippen molar-refractivity contribution in [2.45, 2.75) is 43.7 Å². The Morgan fingerprint density at radius 2 is 1.88 bits per heavy atom. The number of amides is 1. The number of imidazole rings is 1. The number of halogens is 1. The molecule has 1 fully saturated rings. The average molecular weight is 508 g/mol. The SMILES string of the molecule is Nc1nc(Cl)nc2c1ncn2CCCCOC(=O)NCc1ccc(S(=O)(=O)N2CCCC2)cc1. The van der Waals surface area contributed by atoms with E-state index in [2.05, 4.69) is 20.3 Å². The van der Waals surface area contributed by atoms with E-state index in [4.69, 9.17) is 22.1 Å². The Kier molecular flexibility index (Phi) is 7.49. The molecule has 1 aliphatic heterocycles. The minimum absolute atomic E-state index is 0.0645. The number of aryl methyl sites for hydroxylation is 1. The third-order valence-corrected chi connectivity index (χ3v) is 7.63. The van der Waals surface area contributed by atoms with Gasteiger partial charge in [0.25, 0.3) is 0 Å². The van der Waals surface area contributed by atoms with E-state index in [1.54, 1.807) is 30.6 Å². The van der Waals surface area contributed by atoms with Gasteiger partial charge in [-0.3, -0.25) is 0 Å². The summed E-state index contributed by atoms with van der Waals surface area (Å²) < 4.78 is 33.7. The molecule has 3 aromatic rings. The molecule has 1 aromatic carbocycles. The van der Waals surface area contributed by atoms with Crippen LogP contribution in [0.3, 0.4) is 0 Å². The van der Waals surface area contributed by atoms with Gasteiger partial charge in [0.05, 0.1) is 17.8 Å². The Morgan fingerprint density at radius 1 is 1.15 bits per heavy atom. The van der Waals surface area contributed by atoms with Crippen molar-refractivity contribution >= 4 is 44.7 Å². The van der Waals surface area contributed by atoms with Crippen LogP contribution in [0.5, 0.6) is 0 Å². The number of alkyl carbamates (subject to hydrolysis) is 1. The van der Waals surface area contributed by atoms with E-state index in [-0.39, 0.29) is 29.1 Å². The topological polar surface area (TPSA) is 145 Å². The van der Waals surface area contributed by atoms with Gasteiger partial charge in [-0.15, -0.1) is 0 Å². The molecule has 3 heterocycles. The van der Waals surface area contributed by atoms with Crippen molar-refractivity contribution in [2.75, 3.05) is 25.4 Å². The van der Waals surface area contributed by atoms with Gasteiger partial charge in [-0.2, -0.15) is 14.3 Å². The van der Waals surface area contributed by atoms with Crippen LogP contribution in [0.15, 0.2) is 35.5 Å². The number of benzene rings is 1. The van der Waals surface area contributed by atoms with E-state index in [0.29, 0.717) is 37.2 Å². The normalized spacial score (nSPS) is 14.5. The standard InChI is InChI=1S/C21H26ClN7O4S/c22-20-26-18(23)17-19(27-20)28(14-25-17)9-3-4-12-33-21(30)24-13-15-5-7-16(8-6-15)34(31,32)29-10-1-2-11-29/h5-8,14H,1-4,9-13H2,(H,24,30)(H2,23,26,27). The minimum atomic E-state index is -3.44. The highest BCUT2D eigenvalue weighted by atomic mass is 35.5. The molecular formula is C21H26ClN7O4S. The quantitative estimate of drug-likeness (QED) is 0.332. The van der Waals surface area contributed by atoms with Crippen LogP contribution >= 0.6 is 11.6 Å². The number of hydrogen-bond acceptors (Lipinski definition) is 8. The number of nitrogen functional groups attached to an aromatic ring is 1. The fourth-order valence-corrected chi connectivity index (χ4v) is 5.42. The molecule has 1 saturated heterocycles. The van der Waals surface area contributed by atoms with E-state index in [1.165, 1.54) is 4.31 Å². The van der Waals surface area contributed by atoms with Gasteiger partial charge in [-0.1, -0.05) is 12.1 Å². The lowest BCUT2D eigenvalue weighted by molar-refractivity contribution is 0.143. The summed E-state index contributed by atoms with van der Waals surface area (Å²) in [7, 11) is -3.44. The molecular weight excluding hydrogens is 482 g/mol. The van der Waals surface area contributed by atoms with Crippen LogP contribution in [0.2, 0.25) is 5.28 Å². The number of rotatable bonds is 9. The van der Waals surface area contributed by atoms with E-state index in [9.17, 15) is 13.2 Å². The van der Waals surface area contributed by atoms with E-state index in [0.717, 1.165) is 24.8 Å². The van der Waals surface area contributed by atoms with Gasteiger partial charge in [-0.25, -0.2) is 18.2 Å². The van der Waals surface area contributed by atoms with Crippen molar-refractivity contribution < 1.29 is 17.9 Å². The molecule has 0 unspecified atom stereocenters. The second-order valence-corrected chi connectivity index (χ2v) is 10.2. The van der Waals surface area contributed by atoms with E-state index >= 15 is 0 Å². The molecule has 0 spiro atoms. The molecule has 3 N–H and O–H groups in total. The van der Waals surface area contributed by atoms with Crippen molar-refractivity contribution in [3.63, 3.8) is 0 Å². The summed E-state index contributed by atoms with van der Waals surface area (Å²) in [6.45, 7) is 2.23. The number of carbonyl (C=O) groups is 1. The Bertz CT molecular complexity index is 1260. The molecule has 0 saturated carbocycles. The van der Waals surface area contributed by atoms with Gasteiger partial charge < -0.3 is 20.4 Å². The lowest BCUT2D eigenvalue weighted by Gasteiger charge is -2.15. The number of fused-ring (bicyclic) bond motifs is 1. The molecule has 0 aliphatic carbocycles. The Labute approximate surface area is 202 Å². The smallest absolute Gasteiger partial charge is 0.407 e. The van der Waals surface area contributed by atoms with Crippen molar-refractivity contribution in [2.24, 2.45) is 0 Å². The van der Waals surface area contributed by atoms with Gasteiger partial charge in [0, 0.05) is 26.2 Å². The fourth-order valence-electron chi connectivity index (χ4n) is 3.73. The maximum Gasteiger partial charge on any atom is 0.407 e. The summed E-state index contributed by atoms with van der Waals surface area (Å²) >= 11 is 5.86. The molecule has 4 rings (SSSR count). The fraction of sp³-hybridized carbons (Fsp3) is 0.429. The zero-order valence-electron chi connectivity index (χ0n) is 18.5. The number of nitrogens with two attached hydrogens (primary N) is 1. The second-order valence-electron chi connectivity index (χ2n) is 7.94.